The van der Waals surface area contributed by atoms with Gasteiger partial charge in [0.05, 0.1) is 14.2 Å². The van der Waals surface area contributed by atoms with Gasteiger partial charge in [-0.2, -0.15) is 0 Å². The van der Waals surface area contributed by atoms with Gasteiger partial charge in [0, 0.05) is 5.56 Å². The maximum absolute atomic E-state index is 11.6. The molecule has 0 unspecified atom stereocenters. The summed E-state index contributed by atoms with van der Waals surface area (Å²) in [6.07, 6.45) is 0. The fourth-order valence-corrected chi connectivity index (χ4v) is 1.71. The van der Waals surface area contributed by atoms with Gasteiger partial charge in [0.25, 0.3) is 0 Å². The van der Waals surface area contributed by atoms with E-state index in [1.165, 1.54) is 14.2 Å². The van der Waals surface area contributed by atoms with Gasteiger partial charge < -0.3 is 14.6 Å². The summed E-state index contributed by atoms with van der Waals surface area (Å²) in [5.41, 5.74) is 2.26. The van der Waals surface area contributed by atoms with Crippen LogP contribution in [-0.2, 0) is 4.74 Å². The predicted molar refractivity (Wildman–Crippen MR) is 60.2 cm³/mol. The first-order valence-corrected chi connectivity index (χ1v) is 4.90. The zero-order valence-corrected chi connectivity index (χ0v) is 10.2. The molecule has 0 heterocycles. The second-order valence-corrected chi connectivity index (χ2v) is 3.62. The van der Waals surface area contributed by atoms with Crippen LogP contribution in [0.2, 0.25) is 0 Å². The molecule has 0 radical (unpaired) electrons. The first-order valence-electron chi connectivity index (χ1n) is 4.90. The number of carbonyl (C=O) groups is 1. The van der Waals surface area contributed by atoms with Crippen LogP contribution >= 0.6 is 0 Å². The lowest BCUT2D eigenvalue weighted by molar-refractivity contribution is 0.0596. The number of rotatable bonds is 2. The van der Waals surface area contributed by atoms with E-state index in [2.05, 4.69) is 0 Å². The molecule has 1 aromatic rings. The Hall–Kier alpha value is -1.71. The molecule has 4 heteroatoms. The largest absolute Gasteiger partial charge is 0.507 e. The van der Waals surface area contributed by atoms with Crippen LogP contribution in [0.25, 0.3) is 0 Å². The standard InChI is InChI=1S/C12H16O4/c1-6-7(2)10(13)8(3)11(15-4)9(6)12(14)16-5/h13H,1-5H3. The molecule has 1 rings (SSSR count). The first kappa shape index (κ1) is 12.4. The second-order valence-electron chi connectivity index (χ2n) is 3.62. The molecule has 0 atom stereocenters. The average Bonchev–Trinajstić information content (AvgIpc) is 2.29. The van der Waals surface area contributed by atoms with E-state index in [9.17, 15) is 9.90 Å². The summed E-state index contributed by atoms with van der Waals surface area (Å²) in [4.78, 5) is 11.6. The highest BCUT2D eigenvalue weighted by Crippen LogP contribution is 2.37. The number of hydrogen-bond acceptors (Lipinski definition) is 4. The Balaban J connectivity index is 3.64. The zero-order valence-electron chi connectivity index (χ0n) is 10.2. The van der Waals surface area contributed by atoms with Crippen LogP contribution in [0, 0.1) is 20.8 Å². The number of esters is 1. The number of phenols is 1. The minimum atomic E-state index is -0.458. The minimum Gasteiger partial charge on any atom is -0.507 e. The molecule has 0 amide bonds. The summed E-state index contributed by atoms with van der Waals surface area (Å²) in [5, 5.41) is 9.85. The van der Waals surface area contributed by atoms with E-state index in [-0.39, 0.29) is 5.75 Å². The van der Waals surface area contributed by atoms with Gasteiger partial charge in [-0.3, -0.25) is 0 Å². The molecule has 0 bridgehead atoms. The summed E-state index contributed by atoms with van der Waals surface area (Å²) in [6.45, 7) is 5.21. The maximum Gasteiger partial charge on any atom is 0.341 e. The first-order chi connectivity index (χ1) is 7.45. The van der Waals surface area contributed by atoms with Crippen molar-refractivity contribution in [2.24, 2.45) is 0 Å². The third-order valence-electron chi connectivity index (χ3n) is 2.81. The molecule has 0 aliphatic carbocycles. The summed E-state index contributed by atoms with van der Waals surface area (Å²) in [5.74, 6) is 0.0648. The van der Waals surface area contributed by atoms with Gasteiger partial charge in [-0.25, -0.2) is 4.79 Å². The van der Waals surface area contributed by atoms with Crippen LogP contribution in [0.1, 0.15) is 27.0 Å². The predicted octanol–water partition coefficient (Wildman–Crippen LogP) is 2.11. The SMILES string of the molecule is COC(=O)c1c(C)c(C)c(O)c(C)c1OC. The highest BCUT2D eigenvalue weighted by molar-refractivity contribution is 5.95. The summed E-state index contributed by atoms with van der Waals surface area (Å²) in [7, 11) is 2.78. The van der Waals surface area contributed by atoms with E-state index in [1.54, 1.807) is 20.8 Å². The number of methoxy groups -OCH3 is 2. The van der Waals surface area contributed by atoms with E-state index < -0.39 is 5.97 Å². The van der Waals surface area contributed by atoms with Gasteiger partial charge in [-0.15, -0.1) is 0 Å². The average molecular weight is 224 g/mol. The molecule has 0 spiro atoms. The van der Waals surface area contributed by atoms with Crippen molar-refractivity contribution < 1.29 is 19.4 Å². The third-order valence-corrected chi connectivity index (χ3v) is 2.81. The number of benzene rings is 1. The van der Waals surface area contributed by atoms with Crippen molar-refractivity contribution in [2.75, 3.05) is 14.2 Å². The Morgan fingerprint density at radius 2 is 1.62 bits per heavy atom. The van der Waals surface area contributed by atoms with Gasteiger partial charge in [-0.05, 0) is 31.9 Å². The van der Waals surface area contributed by atoms with Crippen LogP contribution in [0.15, 0.2) is 0 Å². The number of aromatic hydroxyl groups is 1. The van der Waals surface area contributed by atoms with Crippen LogP contribution in [0.5, 0.6) is 11.5 Å². The fraction of sp³-hybridized carbons (Fsp3) is 0.417. The van der Waals surface area contributed by atoms with Crippen molar-refractivity contribution in [3.05, 3.63) is 22.3 Å². The van der Waals surface area contributed by atoms with E-state index >= 15 is 0 Å². The topological polar surface area (TPSA) is 55.8 Å². The zero-order chi connectivity index (χ0) is 12.5. The molecular formula is C12H16O4. The summed E-state index contributed by atoms with van der Waals surface area (Å²) < 4.78 is 9.86. The van der Waals surface area contributed by atoms with Crippen molar-refractivity contribution in [3.63, 3.8) is 0 Å². The molecule has 4 nitrogen and oxygen atoms in total. The van der Waals surface area contributed by atoms with Crippen molar-refractivity contribution in [2.45, 2.75) is 20.8 Å². The van der Waals surface area contributed by atoms with Crippen LogP contribution < -0.4 is 4.74 Å². The highest BCUT2D eigenvalue weighted by Gasteiger charge is 2.23. The Kier molecular flexibility index (Phi) is 3.42. The van der Waals surface area contributed by atoms with Crippen LogP contribution in [0.4, 0.5) is 0 Å². The molecule has 0 fully saturated rings. The minimum absolute atomic E-state index is 0.155. The third kappa shape index (κ3) is 1.71. The molecule has 0 saturated carbocycles. The van der Waals surface area contributed by atoms with Crippen molar-refractivity contribution in [1.82, 2.24) is 0 Å². The van der Waals surface area contributed by atoms with Gasteiger partial charge >= 0.3 is 5.97 Å². The molecule has 0 aliphatic heterocycles. The Morgan fingerprint density at radius 3 is 2.06 bits per heavy atom. The lowest BCUT2D eigenvalue weighted by Gasteiger charge is -2.16. The molecule has 0 aliphatic rings. The van der Waals surface area contributed by atoms with Gasteiger partial charge in [0.15, 0.2) is 0 Å². The molecule has 88 valence electrons. The molecule has 16 heavy (non-hydrogen) atoms. The highest BCUT2D eigenvalue weighted by atomic mass is 16.5. The smallest absolute Gasteiger partial charge is 0.341 e. The quantitative estimate of drug-likeness (QED) is 0.782. The van der Waals surface area contributed by atoms with E-state index in [0.717, 1.165) is 0 Å². The summed E-state index contributed by atoms with van der Waals surface area (Å²) >= 11 is 0. The monoisotopic (exact) mass is 224 g/mol. The number of phenolic OH excluding ortho intramolecular Hbond substituents is 1. The molecular weight excluding hydrogens is 208 g/mol. The summed E-state index contributed by atoms with van der Waals surface area (Å²) in [6, 6.07) is 0. The van der Waals surface area contributed by atoms with Crippen LogP contribution in [0.3, 0.4) is 0 Å². The lowest BCUT2D eigenvalue weighted by Crippen LogP contribution is -2.09. The Labute approximate surface area is 94.8 Å². The van der Waals surface area contributed by atoms with Crippen molar-refractivity contribution in [3.8, 4) is 11.5 Å². The second kappa shape index (κ2) is 4.43. The maximum atomic E-state index is 11.6. The Morgan fingerprint density at radius 1 is 1.06 bits per heavy atom. The van der Waals surface area contributed by atoms with Gasteiger partial charge in [-0.1, -0.05) is 0 Å². The van der Waals surface area contributed by atoms with Crippen molar-refractivity contribution in [1.29, 1.82) is 0 Å². The molecule has 0 aromatic heterocycles. The molecule has 0 saturated heterocycles. The fourth-order valence-electron chi connectivity index (χ4n) is 1.71. The van der Waals surface area contributed by atoms with Crippen molar-refractivity contribution >= 4 is 5.97 Å². The van der Waals surface area contributed by atoms with E-state index in [0.29, 0.717) is 28.0 Å². The Bertz CT molecular complexity index is 435. The number of ether oxygens (including phenoxy) is 2. The molecule has 1 aromatic carbocycles. The number of carbonyl (C=O) groups excluding carboxylic acids is 1. The van der Waals surface area contributed by atoms with E-state index in [1.807, 2.05) is 0 Å². The lowest BCUT2D eigenvalue weighted by atomic mass is 9.97. The molecule has 1 N–H and O–H groups in total. The van der Waals surface area contributed by atoms with Gasteiger partial charge in [0.2, 0.25) is 0 Å². The number of hydrogen-bond donors (Lipinski definition) is 1. The van der Waals surface area contributed by atoms with Gasteiger partial charge in [0.1, 0.15) is 17.1 Å². The normalized spacial score (nSPS) is 10.1. The van der Waals surface area contributed by atoms with E-state index in [4.69, 9.17) is 9.47 Å². The van der Waals surface area contributed by atoms with Crippen LogP contribution in [-0.4, -0.2) is 25.3 Å².